The average molecular weight is 540 g/mol. The van der Waals surface area contributed by atoms with Crippen molar-refractivity contribution < 1.29 is 44.6 Å². The number of nitrogens with two attached hydrogens (primary N) is 3. The van der Waals surface area contributed by atoms with Gasteiger partial charge in [-0.2, -0.15) is 0 Å². The molecule has 0 aromatic rings. The number of carbonyl (C=O) groups is 2. The van der Waals surface area contributed by atoms with Crippen molar-refractivity contribution >= 4 is 11.8 Å². The fourth-order valence-electron chi connectivity index (χ4n) is 6.95. The fraction of sp³-hybridized carbons (Fsp3) is 0.857. The minimum atomic E-state index is -0.943. The zero-order valence-corrected chi connectivity index (χ0v) is 23.2. The van der Waals surface area contributed by atoms with E-state index in [0.29, 0.717) is 30.8 Å². The maximum absolute atomic E-state index is 13.2. The van der Waals surface area contributed by atoms with Gasteiger partial charge in [0.15, 0.2) is 0 Å². The first-order chi connectivity index (χ1) is 18.2. The maximum atomic E-state index is 13.2. The predicted octanol–water partition coefficient (Wildman–Crippen LogP) is -1.27. The Hall–Kier alpha value is -1.40. The number of aliphatic hydroxyl groups is 2. The fourth-order valence-corrected chi connectivity index (χ4v) is 6.95. The number of esters is 1. The highest BCUT2D eigenvalue weighted by molar-refractivity contribution is 5.88. The molecule has 0 aromatic heterocycles. The summed E-state index contributed by atoms with van der Waals surface area (Å²) in [5.41, 5.74) is 5.97. The van der Waals surface area contributed by atoms with E-state index in [9.17, 15) is 19.8 Å². The molecule has 1 saturated carbocycles. The van der Waals surface area contributed by atoms with Gasteiger partial charge in [0.25, 0.3) is 0 Å². The minimum Gasteiger partial charge on any atom is -0.456 e. The van der Waals surface area contributed by atoms with Crippen molar-refractivity contribution in [2.24, 2.45) is 23.5 Å². The first-order valence-corrected chi connectivity index (χ1v) is 14.6. The second kappa shape index (κ2) is 12.8. The molecule has 3 aliphatic heterocycles. The molecule has 8 N–H and O–H groups in total. The lowest BCUT2D eigenvalue weighted by molar-refractivity contribution is -0.703. The summed E-state index contributed by atoms with van der Waals surface area (Å²) in [6, 6.07) is 0. The van der Waals surface area contributed by atoms with E-state index in [1.165, 1.54) is 0 Å². The van der Waals surface area contributed by atoms with Gasteiger partial charge in [-0.3, -0.25) is 10.5 Å². The summed E-state index contributed by atoms with van der Waals surface area (Å²) >= 11 is 0. The summed E-state index contributed by atoms with van der Waals surface area (Å²) in [5.74, 6) is -0.875. The molecule has 0 radical (unpaired) electrons. The maximum Gasteiger partial charge on any atom is 0.334 e. The van der Waals surface area contributed by atoms with Gasteiger partial charge in [-0.25, -0.2) is 4.79 Å². The van der Waals surface area contributed by atoms with Crippen molar-refractivity contribution in [3.05, 3.63) is 11.6 Å². The Morgan fingerprint density at radius 3 is 2.76 bits per heavy atom. The second-order valence-electron chi connectivity index (χ2n) is 12.0. The number of Topliss-reactive ketones (excluding diaryl/α,β-unsaturated/α-hetero) is 1. The highest BCUT2D eigenvalue weighted by atomic mass is 16.6. The van der Waals surface area contributed by atoms with Gasteiger partial charge in [-0.05, 0) is 39.5 Å². The normalized spacial score (nSPS) is 41.8. The molecule has 216 valence electrons. The van der Waals surface area contributed by atoms with Crippen LogP contribution in [-0.2, 0) is 23.8 Å². The van der Waals surface area contributed by atoms with Crippen LogP contribution in [0.5, 0.6) is 0 Å². The van der Waals surface area contributed by atoms with Crippen molar-refractivity contribution in [1.82, 2.24) is 0 Å². The molecule has 3 heterocycles. The summed E-state index contributed by atoms with van der Waals surface area (Å²) in [6.45, 7) is 5.42. The minimum absolute atomic E-state index is 0.0769. The SMILES string of the molecule is CC=C(CC[NH2+]C)C(=O)O[C@H]1CC2C(CC3OC(CO)CC(=O)C3C2O)O[C@@]1(C)CCC1CCC(N)[NH2+]C1. The molecule has 1 aliphatic carbocycles. The van der Waals surface area contributed by atoms with Crippen molar-refractivity contribution in [2.75, 3.05) is 26.7 Å². The van der Waals surface area contributed by atoms with Gasteiger partial charge < -0.3 is 35.1 Å². The molecular formula is C28H49N3O7+2. The van der Waals surface area contributed by atoms with Gasteiger partial charge in [0, 0.05) is 43.1 Å². The second-order valence-corrected chi connectivity index (χ2v) is 12.0. The van der Waals surface area contributed by atoms with Crippen LogP contribution >= 0.6 is 0 Å². The molecule has 8 unspecified atom stereocenters. The Balaban J connectivity index is 1.53. The Kier molecular flexibility index (Phi) is 10.00. The number of ketones is 1. The van der Waals surface area contributed by atoms with Crippen LogP contribution in [0.2, 0.25) is 0 Å². The number of carbonyl (C=O) groups excluding carboxylic acids is 2. The molecule has 4 aliphatic rings. The number of fused-ring (bicyclic) bond motifs is 2. The average Bonchev–Trinajstić information content (AvgIpc) is 2.89. The van der Waals surface area contributed by atoms with Crippen molar-refractivity contribution in [1.29, 1.82) is 0 Å². The topological polar surface area (TPSA) is 162 Å². The highest BCUT2D eigenvalue weighted by Crippen LogP contribution is 2.48. The number of allylic oxidation sites excluding steroid dienone is 1. The van der Waals surface area contributed by atoms with Gasteiger partial charge in [0.1, 0.15) is 23.7 Å². The summed E-state index contributed by atoms with van der Waals surface area (Å²) in [4.78, 5) is 26.1. The van der Waals surface area contributed by atoms with Crippen LogP contribution in [0.25, 0.3) is 0 Å². The van der Waals surface area contributed by atoms with Crippen LogP contribution in [-0.4, -0.2) is 91.0 Å². The molecule has 3 saturated heterocycles. The van der Waals surface area contributed by atoms with E-state index < -0.39 is 35.9 Å². The summed E-state index contributed by atoms with van der Waals surface area (Å²) in [7, 11) is 1.97. The summed E-state index contributed by atoms with van der Waals surface area (Å²) in [6.07, 6.45) is 4.49. The monoisotopic (exact) mass is 539 g/mol. The molecule has 4 fully saturated rings. The molecule has 38 heavy (non-hydrogen) atoms. The van der Waals surface area contributed by atoms with Crippen LogP contribution in [0.4, 0.5) is 0 Å². The van der Waals surface area contributed by atoms with E-state index in [0.717, 1.165) is 38.8 Å². The Labute approximate surface area is 226 Å². The summed E-state index contributed by atoms with van der Waals surface area (Å²) in [5, 5.41) is 25.2. The van der Waals surface area contributed by atoms with E-state index in [1.54, 1.807) is 0 Å². The molecule has 10 heteroatoms. The number of hydrogen-bond donors (Lipinski definition) is 5. The molecule has 4 rings (SSSR count). The molecule has 10 nitrogen and oxygen atoms in total. The number of hydrogen-bond acceptors (Lipinski definition) is 8. The standard InChI is InChI=1S/C28H47N3O7/c1-4-17(8-10-30-3)27(35)37-23-12-19-21(13-22-25(26(19)34)20(33)11-18(15-32)36-22)38-28(23,2)9-7-16-5-6-24(29)31-14-16/h4,16,18-19,21-26,30-32,34H,5-15,29H2,1-3H3/p+2/t16?,18?,19?,21?,22?,23-,24?,25?,26?,28-/m0/s1. The quantitative estimate of drug-likeness (QED) is 0.179. The van der Waals surface area contributed by atoms with Crippen LogP contribution in [0.1, 0.15) is 65.2 Å². The first kappa shape index (κ1) is 29.6. The van der Waals surface area contributed by atoms with Gasteiger partial charge >= 0.3 is 5.97 Å². The lowest BCUT2D eigenvalue weighted by atomic mass is 9.66. The molecule has 0 spiro atoms. The third-order valence-corrected chi connectivity index (χ3v) is 9.40. The Bertz CT molecular complexity index is 861. The van der Waals surface area contributed by atoms with E-state index in [-0.39, 0.29) is 43.0 Å². The first-order valence-electron chi connectivity index (χ1n) is 14.6. The van der Waals surface area contributed by atoms with Gasteiger partial charge in [0.2, 0.25) is 0 Å². The van der Waals surface area contributed by atoms with Crippen molar-refractivity contribution in [3.8, 4) is 0 Å². The lowest BCUT2D eigenvalue weighted by Gasteiger charge is -2.54. The number of ether oxygens (including phenoxy) is 3. The highest BCUT2D eigenvalue weighted by Gasteiger charge is 2.57. The van der Waals surface area contributed by atoms with Gasteiger partial charge in [-0.15, -0.1) is 0 Å². The molecule has 0 aromatic carbocycles. The zero-order valence-electron chi connectivity index (χ0n) is 23.2. The van der Waals surface area contributed by atoms with E-state index in [1.807, 2.05) is 32.3 Å². The lowest BCUT2D eigenvalue weighted by Crippen LogP contribution is -2.95. The van der Waals surface area contributed by atoms with Crippen molar-refractivity contribution in [2.45, 2.75) is 108 Å². The number of rotatable bonds is 9. The van der Waals surface area contributed by atoms with Gasteiger partial charge in [-0.1, -0.05) is 6.08 Å². The van der Waals surface area contributed by atoms with Crippen LogP contribution in [0.3, 0.4) is 0 Å². The molecule has 0 bridgehead atoms. The Morgan fingerprint density at radius 2 is 2.11 bits per heavy atom. The predicted molar refractivity (Wildman–Crippen MR) is 139 cm³/mol. The summed E-state index contributed by atoms with van der Waals surface area (Å²) < 4.78 is 19.0. The van der Waals surface area contributed by atoms with Crippen molar-refractivity contribution in [3.63, 3.8) is 0 Å². The smallest absolute Gasteiger partial charge is 0.334 e. The third-order valence-electron chi connectivity index (χ3n) is 9.40. The number of aliphatic hydroxyl groups excluding tert-OH is 2. The van der Waals surface area contributed by atoms with E-state index in [4.69, 9.17) is 19.9 Å². The van der Waals surface area contributed by atoms with E-state index >= 15 is 0 Å². The van der Waals surface area contributed by atoms with Crippen LogP contribution in [0, 0.1) is 17.8 Å². The Morgan fingerprint density at radius 1 is 1.32 bits per heavy atom. The molecular weight excluding hydrogens is 490 g/mol. The third kappa shape index (κ3) is 6.49. The number of quaternary nitrogens is 2. The number of piperidine rings is 1. The largest absolute Gasteiger partial charge is 0.456 e. The van der Waals surface area contributed by atoms with Crippen LogP contribution in [0.15, 0.2) is 11.6 Å². The molecule has 10 atom stereocenters. The van der Waals surface area contributed by atoms with Gasteiger partial charge in [0.05, 0.1) is 57.1 Å². The van der Waals surface area contributed by atoms with Crippen LogP contribution < -0.4 is 16.4 Å². The molecule has 0 amide bonds. The van der Waals surface area contributed by atoms with E-state index in [2.05, 4.69) is 5.32 Å². The zero-order chi connectivity index (χ0) is 27.4.